The molecule has 1 N–H and O–H groups in total. The van der Waals surface area contributed by atoms with Gasteiger partial charge < -0.3 is 29.2 Å². The molecule has 9 heteroatoms. The first-order valence-electron chi connectivity index (χ1n) is 14.3. The zero-order valence-corrected chi connectivity index (χ0v) is 22.9. The number of ether oxygens (including phenoxy) is 1. The van der Waals surface area contributed by atoms with Gasteiger partial charge in [-0.3, -0.25) is 9.59 Å². The van der Waals surface area contributed by atoms with Crippen LogP contribution in [-0.2, 0) is 4.74 Å². The molecule has 2 amide bonds. The fourth-order valence-corrected chi connectivity index (χ4v) is 6.16. The lowest BCUT2D eigenvalue weighted by Crippen LogP contribution is -2.47. The standard InChI is InChI=1S/C31H35N5O4/c1-21-4-2-3-5-26(21)34-12-14-35(15-13-34)27-9-8-23(30(38)36-11-10-31(18-36)19-39-20-31)16-24(27)32-28(37)25-17-40-29(33-25)22-6-7-22/h2-5,8-9,16-17,22H,6-7,10-15,18-20H2,1H3,(H,32,37). The molecule has 0 atom stereocenters. The van der Waals surface area contributed by atoms with Crippen LogP contribution in [0.25, 0.3) is 0 Å². The second kappa shape index (κ2) is 9.96. The van der Waals surface area contributed by atoms with Gasteiger partial charge in [-0.05, 0) is 56.0 Å². The maximum absolute atomic E-state index is 13.5. The Balaban J connectivity index is 1.13. The fourth-order valence-electron chi connectivity index (χ4n) is 6.16. The third-order valence-corrected chi connectivity index (χ3v) is 8.79. The van der Waals surface area contributed by atoms with Crippen molar-refractivity contribution in [2.24, 2.45) is 5.41 Å². The molecule has 4 fully saturated rings. The van der Waals surface area contributed by atoms with Crippen molar-refractivity contribution in [2.75, 3.05) is 67.6 Å². The number of piperazine rings is 1. The van der Waals surface area contributed by atoms with Crippen LogP contribution in [0, 0.1) is 12.3 Å². The number of nitrogens with zero attached hydrogens (tertiary/aromatic N) is 4. The molecule has 1 saturated carbocycles. The molecule has 208 valence electrons. The lowest BCUT2D eigenvalue weighted by molar-refractivity contribution is -0.103. The number of amides is 2. The zero-order chi connectivity index (χ0) is 27.3. The van der Waals surface area contributed by atoms with Gasteiger partial charge in [-0.15, -0.1) is 0 Å². The van der Waals surface area contributed by atoms with E-state index in [1.54, 1.807) is 0 Å². The Bertz CT molecular complexity index is 1430. The van der Waals surface area contributed by atoms with Gasteiger partial charge in [-0.2, -0.15) is 0 Å². The van der Waals surface area contributed by atoms with Crippen molar-refractivity contribution < 1.29 is 18.7 Å². The molecule has 0 radical (unpaired) electrons. The zero-order valence-electron chi connectivity index (χ0n) is 22.9. The van der Waals surface area contributed by atoms with Gasteiger partial charge in [0.2, 0.25) is 0 Å². The van der Waals surface area contributed by atoms with E-state index in [1.165, 1.54) is 17.5 Å². The van der Waals surface area contributed by atoms with Crippen molar-refractivity contribution in [1.29, 1.82) is 0 Å². The monoisotopic (exact) mass is 541 g/mol. The number of para-hydroxylation sites is 1. The minimum absolute atomic E-state index is 0.00680. The molecular formula is C31H35N5O4. The van der Waals surface area contributed by atoms with Crippen LogP contribution < -0.4 is 15.1 Å². The molecule has 3 aliphatic heterocycles. The topological polar surface area (TPSA) is 91.2 Å². The summed E-state index contributed by atoms with van der Waals surface area (Å²) < 4.78 is 11.0. The highest BCUT2D eigenvalue weighted by Crippen LogP contribution is 2.40. The second-order valence-electron chi connectivity index (χ2n) is 11.8. The van der Waals surface area contributed by atoms with Crippen LogP contribution in [0.3, 0.4) is 0 Å². The van der Waals surface area contributed by atoms with Crippen LogP contribution in [0.15, 0.2) is 53.1 Å². The molecule has 1 spiro atoms. The van der Waals surface area contributed by atoms with Crippen LogP contribution in [0.2, 0.25) is 0 Å². The Labute approximate surface area is 234 Å². The van der Waals surface area contributed by atoms with Crippen molar-refractivity contribution in [2.45, 2.75) is 32.1 Å². The highest BCUT2D eigenvalue weighted by atomic mass is 16.5. The number of oxazole rings is 1. The minimum Gasteiger partial charge on any atom is -0.448 e. The molecule has 0 bridgehead atoms. The fraction of sp³-hybridized carbons (Fsp3) is 0.452. The summed E-state index contributed by atoms with van der Waals surface area (Å²) >= 11 is 0. The summed E-state index contributed by atoms with van der Waals surface area (Å²) in [4.78, 5) is 37.8. The number of aromatic nitrogens is 1. The number of aryl methyl sites for hydroxylation is 1. The predicted octanol–water partition coefficient (Wildman–Crippen LogP) is 4.30. The summed E-state index contributed by atoms with van der Waals surface area (Å²) in [6, 6.07) is 14.2. The number of hydrogen-bond acceptors (Lipinski definition) is 7. The lowest BCUT2D eigenvalue weighted by atomic mass is 9.85. The van der Waals surface area contributed by atoms with Crippen LogP contribution in [0.1, 0.15) is 57.5 Å². The molecule has 2 aromatic carbocycles. The number of benzene rings is 2. The Hall–Kier alpha value is -3.85. The third-order valence-electron chi connectivity index (χ3n) is 8.79. The average Bonchev–Trinajstić information content (AvgIpc) is 3.49. The predicted molar refractivity (Wildman–Crippen MR) is 152 cm³/mol. The lowest BCUT2D eigenvalue weighted by Gasteiger charge is -2.39. The van der Waals surface area contributed by atoms with Gasteiger partial charge in [-0.1, -0.05) is 18.2 Å². The molecular weight excluding hydrogens is 506 g/mol. The van der Waals surface area contributed by atoms with E-state index < -0.39 is 0 Å². The first-order chi connectivity index (χ1) is 19.5. The van der Waals surface area contributed by atoms with Gasteiger partial charge >= 0.3 is 0 Å². The van der Waals surface area contributed by atoms with Crippen LogP contribution in [0.5, 0.6) is 0 Å². The molecule has 9 nitrogen and oxygen atoms in total. The quantitative estimate of drug-likeness (QED) is 0.498. The summed E-state index contributed by atoms with van der Waals surface area (Å²) in [7, 11) is 0. The smallest absolute Gasteiger partial charge is 0.277 e. The Morgan fingerprint density at radius 1 is 0.975 bits per heavy atom. The van der Waals surface area contributed by atoms with Crippen LogP contribution in [0.4, 0.5) is 17.1 Å². The molecule has 40 heavy (non-hydrogen) atoms. The van der Waals surface area contributed by atoms with Gasteiger partial charge in [-0.25, -0.2) is 4.98 Å². The number of nitrogens with one attached hydrogen (secondary N) is 1. The number of carbonyl (C=O) groups is 2. The van der Waals surface area contributed by atoms with E-state index in [1.807, 2.05) is 23.1 Å². The number of carbonyl (C=O) groups excluding carboxylic acids is 2. The molecule has 3 saturated heterocycles. The van der Waals surface area contributed by atoms with Crippen LogP contribution >= 0.6 is 0 Å². The third kappa shape index (κ3) is 4.72. The molecule has 3 aromatic rings. The number of likely N-dealkylation sites (tertiary alicyclic amines) is 1. The number of rotatable bonds is 6. The van der Waals surface area contributed by atoms with Crippen molar-refractivity contribution in [3.63, 3.8) is 0 Å². The number of hydrogen-bond donors (Lipinski definition) is 1. The molecule has 1 aliphatic carbocycles. The van der Waals surface area contributed by atoms with Crippen LogP contribution in [-0.4, -0.2) is 74.2 Å². The summed E-state index contributed by atoms with van der Waals surface area (Å²) in [6.07, 6.45) is 4.51. The molecule has 0 unspecified atom stereocenters. The van der Waals surface area contributed by atoms with E-state index in [0.29, 0.717) is 23.1 Å². The first-order valence-corrected chi connectivity index (χ1v) is 14.3. The van der Waals surface area contributed by atoms with Crippen molar-refractivity contribution >= 4 is 28.9 Å². The Kier molecular flexibility index (Phi) is 6.26. The molecule has 1 aromatic heterocycles. The van der Waals surface area contributed by atoms with Gasteiger partial charge in [0.1, 0.15) is 6.26 Å². The van der Waals surface area contributed by atoms with E-state index in [0.717, 1.165) is 77.4 Å². The largest absolute Gasteiger partial charge is 0.448 e. The van der Waals surface area contributed by atoms with E-state index >= 15 is 0 Å². The van der Waals surface area contributed by atoms with Gasteiger partial charge in [0.05, 0.1) is 24.6 Å². The van der Waals surface area contributed by atoms with E-state index in [4.69, 9.17) is 9.15 Å². The second-order valence-corrected chi connectivity index (χ2v) is 11.8. The summed E-state index contributed by atoms with van der Waals surface area (Å²) in [5.74, 6) is 0.622. The Morgan fingerprint density at radius 3 is 2.40 bits per heavy atom. The molecule has 4 aliphatic rings. The van der Waals surface area contributed by atoms with E-state index in [-0.39, 0.29) is 22.9 Å². The van der Waals surface area contributed by atoms with Crippen molar-refractivity contribution in [3.8, 4) is 0 Å². The maximum Gasteiger partial charge on any atom is 0.277 e. The van der Waals surface area contributed by atoms with Gasteiger partial charge in [0, 0.05) is 61.9 Å². The van der Waals surface area contributed by atoms with Gasteiger partial charge in [0.15, 0.2) is 11.6 Å². The summed E-state index contributed by atoms with van der Waals surface area (Å²) in [5, 5.41) is 3.07. The highest BCUT2D eigenvalue weighted by Gasteiger charge is 2.45. The van der Waals surface area contributed by atoms with Crippen molar-refractivity contribution in [3.05, 3.63) is 71.4 Å². The summed E-state index contributed by atoms with van der Waals surface area (Å²) in [5.41, 5.74) is 5.02. The maximum atomic E-state index is 13.5. The minimum atomic E-state index is -0.327. The van der Waals surface area contributed by atoms with Gasteiger partial charge in [0.25, 0.3) is 11.8 Å². The highest BCUT2D eigenvalue weighted by molar-refractivity contribution is 6.06. The average molecular weight is 542 g/mol. The normalized spacial score (nSPS) is 20.1. The van der Waals surface area contributed by atoms with E-state index in [2.05, 4.69) is 51.3 Å². The van der Waals surface area contributed by atoms with E-state index in [9.17, 15) is 9.59 Å². The van der Waals surface area contributed by atoms with Crippen molar-refractivity contribution in [1.82, 2.24) is 9.88 Å². The first kappa shape index (κ1) is 25.1. The molecule has 4 heterocycles. The summed E-state index contributed by atoms with van der Waals surface area (Å²) in [6.45, 7) is 8.38. The number of anilines is 3. The molecule has 7 rings (SSSR count). The SMILES string of the molecule is Cc1ccccc1N1CCN(c2ccc(C(=O)N3CCC4(COC4)C3)cc2NC(=O)c2coc(C3CC3)n2)CC1. The Morgan fingerprint density at radius 2 is 1.73 bits per heavy atom.